The van der Waals surface area contributed by atoms with Crippen molar-refractivity contribution in [1.82, 2.24) is 4.98 Å². The molecular formula is C24H18N4O2S. The fraction of sp³-hybridized carbons (Fsp3) is 0.0417. The molecule has 152 valence electrons. The lowest BCUT2D eigenvalue weighted by atomic mass is 10.1. The van der Waals surface area contributed by atoms with Gasteiger partial charge in [-0.3, -0.25) is 4.79 Å². The number of nitrogens with one attached hydrogen (secondary N) is 1. The zero-order chi connectivity index (χ0) is 21.6. The van der Waals surface area contributed by atoms with Gasteiger partial charge in [0.25, 0.3) is 0 Å². The molecule has 0 aliphatic heterocycles. The SMILES string of the molecule is N#Cc1ccc(C(=O)c2sc(Nc3ccc(OCc4ccccc4)cc3)nc2N)cc1. The second-order valence-electron chi connectivity index (χ2n) is 6.68. The van der Waals surface area contributed by atoms with Crippen molar-refractivity contribution in [3.8, 4) is 11.8 Å². The van der Waals surface area contributed by atoms with Gasteiger partial charge in [0.05, 0.1) is 11.6 Å². The van der Waals surface area contributed by atoms with Gasteiger partial charge >= 0.3 is 0 Å². The maximum absolute atomic E-state index is 12.7. The van der Waals surface area contributed by atoms with E-state index in [-0.39, 0.29) is 11.6 Å². The summed E-state index contributed by atoms with van der Waals surface area (Å²) in [6, 6.07) is 25.9. The van der Waals surface area contributed by atoms with Crippen LogP contribution in [-0.2, 0) is 6.61 Å². The summed E-state index contributed by atoms with van der Waals surface area (Å²) < 4.78 is 5.79. The van der Waals surface area contributed by atoms with Crippen LogP contribution in [-0.4, -0.2) is 10.8 Å². The molecule has 0 bridgehead atoms. The van der Waals surface area contributed by atoms with Crippen molar-refractivity contribution >= 4 is 33.8 Å². The molecule has 0 spiro atoms. The molecule has 0 fully saturated rings. The number of hydrogen-bond donors (Lipinski definition) is 2. The maximum atomic E-state index is 12.7. The van der Waals surface area contributed by atoms with Crippen LogP contribution in [0.2, 0.25) is 0 Å². The first-order valence-corrected chi connectivity index (χ1v) is 10.3. The summed E-state index contributed by atoms with van der Waals surface area (Å²) >= 11 is 1.19. The minimum Gasteiger partial charge on any atom is -0.489 e. The molecule has 0 aliphatic carbocycles. The molecule has 3 N–H and O–H groups in total. The summed E-state index contributed by atoms with van der Waals surface area (Å²) in [6.07, 6.45) is 0. The molecular weight excluding hydrogens is 408 g/mol. The first kappa shape index (κ1) is 20.1. The predicted octanol–water partition coefficient (Wildman–Crippen LogP) is 5.15. The summed E-state index contributed by atoms with van der Waals surface area (Å²) in [7, 11) is 0. The number of carbonyl (C=O) groups is 1. The van der Waals surface area contributed by atoms with Gasteiger partial charge in [0.15, 0.2) is 5.13 Å². The molecule has 0 unspecified atom stereocenters. The van der Waals surface area contributed by atoms with Crippen LogP contribution < -0.4 is 15.8 Å². The Balaban J connectivity index is 1.41. The second kappa shape index (κ2) is 9.11. The Morgan fingerprint density at radius 1 is 1.03 bits per heavy atom. The number of ether oxygens (including phenoxy) is 1. The fourth-order valence-corrected chi connectivity index (χ4v) is 3.74. The van der Waals surface area contributed by atoms with E-state index < -0.39 is 0 Å². The molecule has 0 amide bonds. The molecule has 0 aliphatic rings. The largest absolute Gasteiger partial charge is 0.489 e. The summed E-state index contributed by atoms with van der Waals surface area (Å²) in [4.78, 5) is 17.4. The van der Waals surface area contributed by atoms with Gasteiger partial charge < -0.3 is 15.8 Å². The van der Waals surface area contributed by atoms with Crippen LogP contribution in [0, 0.1) is 11.3 Å². The van der Waals surface area contributed by atoms with E-state index in [0.29, 0.717) is 27.7 Å². The number of benzene rings is 3. The molecule has 0 saturated heterocycles. The van der Waals surface area contributed by atoms with Gasteiger partial charge in [-0.1, -0.05) is 41.7 Å². The average Bonchev–Trinajstić information content (AvgIpc) is 3.18. The van der Waals surface area contributed by atoms with Gasteiger partial charge in [0, 0.05) is 11.3 Å². The molecule has 4 rings (SSSR count). The number of ketones is 1. The van der Waals surface area contributed by atoms with Crippen molar-refractivity contribution in [2.75, 3.05) is 11.1 Å². The number of anilines is 3. The average molecular weight is 427 g/mol. The zero-order valence-electron chi connectivity index (χ0n) is 16.4. The van der Waals surface area contributed by atoms with Crippen molar-refractivity contribution in [2.45, 2.75) is 6.61 Å². The minimum absolute atomic E-state index is 0.171. The van der Waals surface area contributed by atoms with Gasteiger partial charge in [-0.25, -0.2) is 4.98 Å². The molecule has 4 aromatic rings. The number of thiazole rings is 1. The third-order valence-electron chi connectivity index (χ3n) is 4.49. The lowest BCUT2D eigenvalue weighted by molar-refractivity contribution is 0.104. The van der Waals surface area contributed by atoms with Crippen LogP contribution >= 0.6 is 11.3 Å². The number of nitriles is 1. The van der Waals surface area contributed by atoms with Crippen LogP contribution in [0.4, 0.5) is 16.6 Å². The summed E-state index contributed by atoms with van der Waals surface area (Å²) in [5, 5.41) is 12.6. The number of rotatable bonds is 7. The Bertz CT molecular complexity index is 1230. The van der Waals surface area contributed by atoms with Gasteiger partial charge in [-0.05, 0) is 54.1 Å². The van der Waals surface area contributed by atoms with E-state index in [1.54, 1.807) is 24.3 Å². The monoisotopic (exact) mass is 426 g/mol. The van der Waals surface area contributed by atoms with Crippen molar-refractivity contribution in [3.63, 3.8) is 0 Å². The van der Waals surface area contributed by atoms with E-state index in [1.807, 2.05) is 60.7 Å². The lowest BCUT2D eigenvalue weighted by Crippen LogP contribution is -2.02. The lowest BCUT2D eigenvalue weighted by Gasteiger charge is -2.07. The maximum Gasteiger partial charge on any atom is 0.206 e. The third kappa shape index (κ3) is 4.89. The number of hydrogen-bond acceptors (Lipinski definition) is 7. The molecule has 7 heteroatoms. The number of aromatic nitrogens is 1. The molecule has 0 radical (unpaired) electrons. The van der Waals surface area contributed by atoms with E-state index in [1.165, 1.54) is 11.3 Å². The highest BCUT2D eigenvalue weighted by Gasteiger charge is 2.18. The van der Waals surface area contributed by atoms with E-state index >= 15 is 0 Å². The molecule has 6 nitrogen and oxygen atoms in total. The third-order valence-corrected chi connectivity index (χ3v) is 5.48. The molecule has 1 heterocycles. The molecule has 1 aromatic heterocycles. The summed E-state index contributed by atoms with van der Waals surface area (Å²) in [5.74, 6) is 0.701. The topological polar surface area (TPSA) is 101 Å². The molecule has 3 aromatic carbocycles. The van der Waals surface area contributed by atoms with Crippen molar-refractivity contribution in [2.24, 2.45) is 0 Å². The van der Waals surface area contributed by atoms with E-state index in [0.717, 1.165) is 17.0 Å². The normalized spacial score (nSPS) is 10.3. The van der Waals surface area contributed by atoms with E-state index in [2.05, 4.69) is 10.3 Å². The highest BCUT2D eigenvalue weighted by molar-refractivity contribution is 7.18. The standard InChI is InChI=1S/C24H18N4O2S/c25-14-16-6-8-18(9-7-16)21(29)22-23(26)28-24(31-22)27-19-10-12-20(13-11-19)30-15-17-4-2-1-3-5-17/h1-13H,15,26H2,(H,27,28). The Morgan fingerprint density at radius 3 is 2.42 bits per heavy atom. The van der Waals surface area contributed by atoms with Crippen molar-refractivity contribution in [1.29, 1.82) is 5.26 Å². The predicted molar refractivity (Wildman–Crippen MR) is 122 cm³/mol. The van der Waals surface area contributed by atoms with E-state index in [4.69, 9.17) is 15.7 Å². The van der Waals surface area contributed by atoms with Crippen LogP contribution in [0.5, 0.6) is 5.75 Å². The van der Waals surface area contributed by atoms with Crippen LogP contribution in [0.3, 0.4) is 0 Å². The highest BCUT2D eigenvalue weighted by atomic mass is 32.1. The number of nitrogens with zero attached hydrogens (tertiary/aromatic N) is 2. The van der Waals surface area contributed by atoms with Gasteiger partial charge in [0.2, 0.25) is 5.78 Å². The van der Waals surface area contributed by atoms with Gasteiger partial charge in [0.1, 0.15) is 23.1 Å². The Labute approximate surface area is 183 Å². The van der Waals surface area contributed by atoms with Crippen molar-refractivity contribution in [3.05, 3.63) is 100 Å². The Hall–Kier alpha value is -4.15. The van der Waals surface area contributed by atoms with Gasteiger partial charge in [-0.15, -0.1) is 0 Å². The quantitative estimate of drug-likeness (QED) is 0.396. The highest BCUT2D eigenvalue weighted by Crippen LogP contribution is 2.30. The minimum atomic E-state index is -0.225. The smallest absolute Gasteiger partial charge is 0.206 e. The van der Waals surface area contributed by atoms with E-state index in [9.17, 15) is 4.79 Å². The van der Waals surface area contributed by atoms with Crippen molar-refractivity contribution < 1.29 is 9.53 Å². The summed E-state index contributed by atoms with van der Waals surface area (Å²) in [5.41, 5.74) is 8.83. The number of carbonyl (C=O) groups excluding carboxylic acids is 1. The van der Waals surface area contributed by atoms with Crippen LogP contribution in [0.25, 0.3) is 0 Å². The van der Waals surface area contributed by atoms with Gasteiger partial charge in [-0.2, -0.15) is 5.26 Å². The van der Waals surface area contributed by atoms with Crippen LogP contribution in [0.15, 0.2) is 78.9 Å². The molecule has 0 saturated carbocycles. The second-order valence-corrected chi connectivity index (χ2v) is 7.67. The number of nitrogen functional groups attached to an aromatic ring is 1. The van der Waals surface area contributed by atoms with Crippen LogP contribution in [0.1, 0.15) is 26.4 Å². The fourth-order valence-electron chi connectivity index (χ4n) is 2.87. The Morgan fingerprint density at radius 2 is 1.74 bits per heavy atom. The summed E-state index contributed by atoms with van der Waals surface area (Å²) in [6.45, 7) is 0.497. The first-order chi connectivity index (χ1) is 15.1. The molecule has 31 heavy (non-hydrogen) atoms. The first-order valence-electron chi connectivity index (χ1n) is 9.47. The molecule has 0 atom stereocenters. The number of nitrogens with two attached hydrogens (primary N) is 1. The Kier molecular flexibility index (Phi) is 5.92. The zero-order valence-corrected chi connectivity index (χ0v) is 17.2.